The summed E-state index contributed by atoms with van der Waals surface area (Å²) in [5.74, 6) is 1.36. The van der Waals surface area contributed by atoms with Gasteiger partial charge in [-0.3, -0.25) is 0 Å². The molecule has 0 saturated carbocycles. The van der Waals surface area contributed by atoms with Gasteiger partial charge in [0.1, 0.15) is 11.6 Å². The van der Waals surface area contributed by atoms with E-state index >= 15 is 0 Å². The van der Waals surface area contributed by atoms with E-state index in [0.29, 0.717) is 17.1 Å². The van der Waals surface area contributed by atoms with Crippen LogP contribution >= 0.6 is 0 Å². The fourth-order valence-electron chi connectivity index (χ4n) is 1.60. The number of rotatable bonds is 4. The van der Waals surface area contributed by atoms with Crippen LogP contribution in [0.15, 0.2) is 18.2 Å². The third-order valence-electron chi connectivity index (χ3n) is 2.44. The van der Waals surface area contributed by atoms with Gasteiger partial charge in [0.25, 0.3) is 0 Å². The van der Waals surface area contributed by atoms with Gasteiger partial charge in [-0.2, -0.15) is 10.5 Å². The summed E-state index contributed by atoms with van der Waals surface area (Å²) in [6, 6.07) is 7.40. The molecule has 19 heavy (non-hydrogen) atoms. The van der Waals surface area contributed by atoms with E-state index in [1.165, 1.54) is 7.11 Å². The summed E-state index contributed by atoms with van der Waals surface area (Å²) in [6.07, 6.45) is 1.62. The third kappa shape index (κ3) is 2.52. The SMILES string of the molecule is COc1cccc(/C=C(\C#N)c2nn[nH]n2)c1OC. The minimum absolute atomic E-state index is 0.229. The Bertz CT molecular complexity index is 628. The van der Waals surface area contributed by atoms with Gasteiger partial charge < -0.3 is 9.47 Å². The van der Waals surface area contributed by atoms with Gasteiger partial charge in [-0.15, -0.1) is 10.2 Å². The summed E-state index contributed by atoms with van der Waals surface area (Å²) in [5, 5.41) is 22.4. The highest BCUT2D eigenvalue weighted by Crippen LogP contribution is 2.32. The standard InChI is InChI=1S/C12H11N5O2/c1-18-10-5-3-4-8(11(10)19-2)6-9(7-13)12-14-16-17-15-12/h3-6H,1-2H3,(H,14,15,16,17)/b9-6+. The molecule has 1 aromatic heterocycles. The molecule has 96 valence electrons. The highest BCUT2D eigenvalue weighted by atomic mass is 16.5. The van der Waals surface area contributed by atoms with Crippen LogP contribution in [0.1, 0.15) is 11.4 Å². The molecule has 0 aliphatic heterocycles. The first-order valence-corrected chi connectivity index (χ1v) is 5.36. The van der Waals surface area contributed by atoms with E-state index in [2.05, 4.69) is 20.6 Å². The molecule has 1 N–H and O–H groups in total. The second kappa shape index (κ2) is 5.64. The number of nitrogens with one attached hydrogen (secondary N) is 1. The Morgan fingerprint density at radius 1 is 1.37 bits per heavy atom. The zero-order valence-electron chi connectivity index (χ0n) is 10.4. The molecule has 2 rings (SSSR count). The average Bonchev–Trinajstić information content (AvgIpc) is 2.98. The van der Waals surface area contributed by atoms with E-state index in [-0.39, 0.29) is 11.4 Å². The van der Waals surface area contributed by atoms with Crippen molar-refractivity contribution in [1.29, 1.82) is 5.26 Å². The van der Waals surface area contributed by atoms with Crippen LogP contribution < -0.4 is 9.47 Å². The molecule has 2 aromatic rings. The number of aromatic nitrogens is 4. The van der Waals surface area contributed by atoms with Crippen molar-refractivity contribution in [2.75, 3.05) is 14.2 Å². The Kier molecular flexibility index (Phi) is 3.73. The lowest BCUT2D eigenvalue weighted by Crippen LogP contribution is -1.93. The number of allylic oxidation sites excluding steroid dienone is 1. The molecule has 0 atom stereocenters. The van der Waals surface area contributed by atoms with E-state index < -0.39 is 0 Å². The molecule has 0 spiro atoms. The Labute approximate surface area is 109 Å². The lowest BCUT2D eigenvalue weighted by atomic mass is 10.1. The first-order chi connectivity index (χ1) is 9.30. The maximum atomic E-state index is 9.14. The Morgan fingerprint density at radius 3 is 2.79 bits per heavy atom. The second-order valence-corrected chi connectivity index (χ2v) is 3.49. The van der Waals surface area contributed by atoms with Crippen LogP contribution in [-0.4, -0.2) is 34.8 Å². The van der Waals surface area contributed by atoms with Crippen LogP contribution in [0.25, 0.3) is 11.6 Å². The zero-order valence-corrected chi connectivity index (χ0v) is 10.4. The number of ether oxygens (including phenoxy) is 2. The Balaban J connectivity index is 2.50. The number of hydrogen-bond acceptors (Lipinski definition) is 6. The van der Waals surface area contributed by atoms with Crippen molar-refractivity contribution in [3.63, 3.8) is 0 Å². The molecule has 0 saturated heterocycles. The summed E-state index contributed by atoms with van der Waals surface area (Å²) < 4.78 is 10.5. The molecule has 1 aromatic carbocycles. The molecule has 0 radical (unpaired) electrons. The number of nitrogens with zero attached hydrogens (tertiary/aromatic N) is 4. The smallest absolute Gasteiger partial charge is 0.215 e. The molecule has 7 nitrogen and oxygen atoms in total. The maximum absolute atomic E-state index is 9.14. The molecular formula is C12H11N5O2. The third-order valence-corrected chi connectivity index (χ3v) is 2.44. The number of methoxy groups -OCH3 is 2. The van der Waals surface area contributed by atoms with E-state index in [9.17, 15) is 0 Å². The fourth-order valence-corrected chi connectivity index (χ4v) is 1.60. The number of H-pyrrole nitrogens is 1. The van der Waals surface area contributed by atoms with E-state index in [0.717, 1.165) is 0 Å². The summed E-state index contributed by atoms with van der Waals surface area (Å²) in [6.45, 7) is 0. The van der Waals surface area contributed by atoms with Crippen molar-refractivity contribution in [2.45, 2.75) is 0 Å². The highest BCUT2D eigenvalue weighted by molar-refractivity contribution is 5.88. The second-order valence-electron chi connectivity index (χ2n) is 3.49. The predicted molar refractivity (Wildman–Crippen MR) is 67.2 cm³/mol. The van der Waals surface area contributed by atoms with Crippen molar-refractivity contribution in [1.82, 2.24) is 20.6 Å². The van der Waals surface area contributed by atoms with Crippen molar-refractivity contribution < 1.29 is 9.47 Å². The quantitative estimate of drug-likeness (QED) is 0.829. The number of hydrogen-bond donors (Lipinski definition) is 1. The number of nitriles is 1. The Morgan fingerprint density at radius 2 is 2.21 bits per heavy atom. The van der Waals surface area contributed by atoms with E-state index in [4.69, 9.17) is 14.7 Å². The van der Waals surface area contributed by atoms with Gasteiger partial charge in [0, 0.05) is 5.56 Å². The summed E-state index contributed by atoms with van der Waals surface area (Å²) >= 11 is 0. The Hall–Kier alpha value is -2.88. The molecule has 1 heterocycles. The normalized spacial score (nSPS) is 10.9. The van der Waals surface area contributed by atoms with Gasteiger partial charge in [0.05, 0.1) is 14.2 Å². The van der Waals surface area contributed by atoms with Gasteiger partial charge in [-0.25, -0.2) is 0 Å². The lowest BCUT2D eigenvalue weighted by Gasteiger charge is -2.09. The van der Waals surface area contributed by atoms with Crippen LogP contribution in [0.4, 0.5) is 0 Å². The summed E-state index contributed by atoms with van der Waals surface area (Å²) in [7, 11) is 3.09. The van der Waals surface area contributed by atoms with Crippen molar-refractivity contribution in [2.24, 2.45) is 0 Å². The van der Waals surface area contributed by atoms with Crippen LogP contribution in [-0.2, 0) is 0 Å². The number of benzene rings is 1. The van der Waals surface area contributed by atoms with Crippen LogP contribution in [0.3, 0.4) is 0 Å². The molecular weight excluding hydrogens is 246 g/mol. The average molecular weight is 257 g/mol. The first-order valence-electron chi connectivity index (χ1n) is 5.36. The van der Waals surface area contributed by atoms with Crippen LogP contribution in [0.5, 0.6) is 11.5 Å². The molecule has 7 heteroatoms. The number of para-hydroxylation sites is 1. The van der Waals surface area contributed by atoms with Crippen LogP contribution in [0.2, 0.25) is 0 Å². The molecule has 0 amide bonds. The van der Waals surface area contributed by atoms with Gasteiger partial charge in [-0.1, -0.05) is 12.1 Å². The summed E-state index contributed by atoms with van der Waals surface area (Å²) in [5.41, 5.74) is 0.975. The van der Waals surface area contributed by atoms with Crippen molar-refractivity contribution >= 4 is 11.6 Å². The highest BCUT2D eigenvalue weighted by Gasteiger charge is 2.11. The monoisotopic (exact) mass is 257 g/mol. The fraction of sp³-hybridized carbons (Fsp3) is 0.167. The largest absolute Gasteiger partial charge is 0.493 e. The molecule has 0 bridgehead atoms. The molecule has 0 unspecified atom stereocenters. The van der Waals surface area contributed by atoms with E-state index in [1.54, 1.807) is 31.4 Å². The maximum Gasteiger partial charge on any atom is 0.215 e. The summed E-state index contributed by atoms with van der Waals surface area (Å²) in [4.78, 5) is 0. The van der Waals surface area contributed by atoms with Gasteiger partial charge in [0.2, 0.25) is 5.82 Å². The predicted octanol–water partition coefficient (Wildman–Crippen LogP) is 1.28. The number of aromatic amines is 1. The molecule has 0 aliphatic rings. The van der Waals surface area contributed by atoms with Crippen LogP contribution in [0, 0.1) is 11.3 Å². The molecule has 0 fully saturated rings. The van der Waals surface area contributed by atoms with E-state index in [1.807, 2.05) is 6.07 Å². The molecule has 0 aliphatic carbocycles. The van der Waals surface area contributed by atoms with Gasteiger partial charge >= 0.3 is 0 Å². The van der Waals surface area contributed by atoms with Gasteiger partial charge in [-0.05, 0) is 17.4 Å². The van der Waals surface area contributed by atoms with Crippen molar-refractivity contribution in [3.8, 4) is 17.6 Å². The lowest BCUT2D eigenvalue weighted by molar-refractivity contribution is 0.354. The van der Waals surface area contributed by atoms with Crippen molar-refractivity contribution in [3.05, 3.63) is 29.6 Å². The first kappa shape index (κ1) is 12.6. The minimum atomic E-state index is 0.229. The minimum Gasteiger partial charge on any atom is -0.493 e. The van der Waals surface area contributed by atoms with Gasteiger partial charge in [0.15, 0.2) is 11.5 Å². The number of tetrazole rings is 1. The zero-order chi connectivity index (χ0) is 13.7. The topological polar surface area (TPSA) is 96.7 Å².